The Bertz CT molecular complexity index is 1360. The van der Waals surface area contributed by atoms with Gasteiger partial charge in [-0.3, -0.25) is 0 Å². The highest BCUT2D eigenvalue weighted by Crippen LogP contribution is 2.32. The minimum Gasteiger partial charge on any atom is -0.494 e. The maximum Gasteiger partial charge on any atom is 0.411 e. The van der Waals surface area contributed by atoms with E-state index in [0.29, 0.717) is 29.1 Å². The van der Waals surface area contributed by atoms with Gasteiger partial charge in [-0.05, 0) is 24.6 Å². The van der Waals surface area contributed by atoms with Crippen LogP contribution in [0.15, 0.2) is 61.1 Å². The van der Waals surface area contributed by atoms with Gasteiger partial charge in [-0.2, -0.15) is 18.2 Å². The van der Waals surface area contributed by atoms with E-state index in [-0.39, 0.29) is 18.4 Å². The third-order valence-corrected chi connectivity index (χ3v) is 5.68. The van der Waals surface area contributed by atoms with Crippen molar-refractivity contribution in [2.45, 2.75) is 26.1 Å². The lowest BCUT2D eigenvalue weighted by atomic mass is 10.0. The quantitative estimate of drug-likeness (QED) is 0.338. The summed E-state index contributed by atoms with van der Waals surface area (Å²) in [6, 6.07) is 14.9. The van der Waals surface area contributed by atoms with Gasteiger partial charge < -0.3 is 24.7 Å². The van der Waals surface area contributed by atoms with Crippen LogP contribution in [-0.2, 0) is 17.8 Å². The molecular formula is C26H27F3N6O2. The summed E-state index contributed by atoms with van der Waals surface area (Å²) >= 11 is 0. The number of ether oxygens (including phenoxy) is 2. The molecule has 2 heterocycles. The zero-order valence-electron chi connectivity index (χ0n) is 20.7. The molecule has 194 valence electrons. The van der Waals surface area contributed by atoms with Crippen LogP contribution >= 0.6 is 0 Å². The molecule has 0 aliphatic heterocycles. The van der Waals surface area contributed by atoms with Gasteiger partial charge in [0.25, 0.3) is 0 Å². The van der Waals surface area contributed by atoms with Crippen LogP contribution in [0.4, 0.5) is 30.6 Å². The molecule has 11 heteroatoms. The number of rotatable bonds is 9. The second-order valence-electron chi connectivity index (χ2n) is 8.44. The Morgan fingerprint density at radius 1 is 1.08 bits per heavy atom. The summed E-state index contributed by atoms with van der Waals surface area (Å²) in [6.07, 6.45) is -0.527. The fourth-order valence-electron chi connectivity index (χ4n) is 3.82. The Hall–Kier alpha value is -4.12. The van der Waals surface area contributed by atoms with Crippen LogP contribution in [-0.4, -0.2) is 46.5 Å². The molecule has 2 aromatic heterocycles. The number of nitrogen functional groups attached to an aromatic ring is 1. The van der Waals surface area contributed by atoms with E-state index in [1.165, 1.54) is 0 Å². The number of halogens is 3. The first kappa shape index (κ1) is 26.0. The average molecular weight is 513 g/mol. The number of aromatic nitrogens is 4. The van der Waals surface area contributed by atoms with Crippen LogP contribution in [0.5, 0.6) is 5.75 Å². The number of alkyl halides is 3. The van der Waals surface area contributed by atoms with Gasteiger partial charge in [-0.15, -0.1) is 0 Å². The van der Waals surface area contributed by atoms with Crippen molar-refractivity contribution >= 4 is 17.5 Å². The molecule has 0 fully saturated rings. The molecule has 2 N–H and O–H groups in total. The fourth-order valence-corrected chi connectivity index (χ4v) is 3.82. The number of aryl methyl sites for hydroxylation is 1. The van der Waals surface area contributed by atoms with Gasteiger partial charge in [-0.25, -0.2) is 9.97 Å². The lowest BCUT2D eigenvalue weighted by molar-refractivity contribution is -0.176. The summed E-state index contributed by atoms with van der Waals surface area (Å²) in [7, 11) is 3.30. The second kappa shape index (κ2) is 10.9. The van der Waals surface area contributed by atoms with E-state index in [0.717, 1.165) is 16.9 Å². The van der Waals surface area contributed by atoms with Crippen molar-refractivity contribution in [1.29, 1.82) is 0 Å². The smallest absolute Gasteiger partial charge is 0.411 e. The van der Waals surface area contributed by atoms with Gasteiger partial charge >= 0.3 is 6.18 Å². The average Bonchev–Trinajstić information content (AvgIpc) is 3.30. The Labute approximate surface area is 212 Å². The number of hydrogen-bond donors (Lipinski definition) is 1. The van der Waals surface area contributed by atoms with Crippen molar-refractivity contribution in [2.24, 2.45) is 0 Å². The van der Waals surface area contributed by atoms with Gasteiger partial charge in [-0.1, -0.05) is 30.3 Å². The van der Waals surface area contributed by atoms with Crippen molar-refractivity contribution in [2.75, 3.05) is 31.4 Å². The molecule has 2 aromatic carbocycles. The molecule has 0 amide bonds. The van der Waals surface area contributed by atoms with Crippen molar-refractivity contribution in [3.05, 3.63) is 83.6 Å². The van der Waals surface area contributed by atoms with Crippen molar-refractivity contribution in [3.63, 3.8) is 0 Å². The minimum absolute atomic E-state index is 0.170. The van der Waals surface area contributed by atoms with Crippen LogP contribution in [0.25, 0.3) is 5.69 Å². The zero-order valence-corrected chi connectivity index (χ0v) is 20.7. The van der Waals surface area contributed by atoms with Crippen LogP contribution in [0, 0.1) is 6.92 Å². The first-order chi connectivity index (χ1) is 17.6. The normalized spacial score (nSPS) is 11.5. The Balaban J connectivity index is 1.67. The third kappa shape index (κ3) is 6.36. The van der Waals surface area contributed by atoms with Crippen LogP contribution < -0.4 is 15.4 Å². The predicted octanol–water partition coefficient (Wildman–Crippen LogP) is 5.00. The highest BCUT2D eigenvalue weighted by Gasteiger charge is 2.28. The third-order valence-electron chi connectivity index (χ3n) is 5.68. The standard InChI is InChI=1S/C26H27F3N6O2/c1-17-13-35(16-31-17)22-10-9-19(12-23(22)36-3)34(2)25-32-21(14-37-15-26(27,28)29)20(24(30)33-25)11-18-7-5-4-6-8-18/h4-10,12-13,16H,11,14-15H2,1-3H3,(H2,30,32,33). The Morgan fingerprint density at radius 3 is 2.49 bits per heavy atom. The molecule has 0 aliphatic rings. The summed E-state index contributed by atoms with van der Waals surface area (Å²) in [5.41, 5.74) is 10.4. The van der Waals surface area contributed by atoms with Gasteiger partial charge in [0.05, 0.1) is 37.1 Å². The van der Waals surface area contributed by atoms with Crippen LogP contribution in [0.2, 0.25) is 0 Å². The van der Waals surface area contributed by atoms with E-state index in [2.05, 4.69) is 15.0 Å². The SMILES string of the molecule is COc1cc(N(C)c2nc(N)c(Cc3ccccc3)c(COCC(F)(F)F)n2)ccc1-n1cnc(C)c1. The monoisotopic (exact) mass is 512 g/mol. The topological polar surface area (TPSA) is 91.3 Å². The summed E-state index contributed by atoms with van der Waals surface area (Å²) in [5, 5.41) is 0. The van der Waals surface area contributed by atoms with Crippen molar-refractivity contribution < 1.29 is 22.6 Å². The van der Waals surface area contributed by atoms with Gasteiger partial charge in [0, 0.05) is 37.0 Å². The molecular weight excluding hydrogens is 485 g/mol. The maximum atomic E-state index is 12.7. The Kier molecular flexibility index (Phi) is 7.63. The molecule has 0 saturated heterocycles. The minimum atomic E-state index is -4.45. The van der Waals surface area contributed by atoms with E-state index >= 15 is 0 Å². The molecule has 8 nitrogen and oxygen atoms in total. The fraction of sp³-hybridized carbons (Fsp3) is 0.269. The van der Waals surface area contributed by atoms with E-state index in [1.54, 1.807) is 25.4 Å². The second-order valence-corrected chi connectivity index (χ2v) is 8.44. The Morgan fingerprint density at radius 2 is 1.84 bits per heavy atom. The van der Waals surface area contributed by atoms with E-state index < -0.39 is 12.8 Å². The number of benzene rings is 2. The number of imidazole rings is 1. The van der Waals surface area contributed by atoms with Gasteiger partial charge in [0.15, 0.2) is 0 Å². The summed E-state index contributed by atoms with van der Waals surface area (Å²) < 4.78 is 50.6. The van der Waals surface area contributed by atoms with Gasteiger partial charge in [0.2, 0.25) is 5.95 Å². The van der Waals surface area contributed by atoms with E-state index in [9.17, 15) is 13.2 Å². The van der Waals surface area contributed by atoms with E-state index in [1.807, 2.05) is 66.2 Å². The highest BCUT2D eigenvalue weighted by molar-refractivity contribution is 5.65. The number of nitrogens with zero attached hydrogens (tertiary/aromatic N) is 5. The predicted molar refractivity (Wildman–Crippen MR) is 134 cm³/mol. The zero-order chi connectivity index (χ0) is 26.6. The number of hydrogen-bond acceptors (Lipinski definition) is 7. The molecule has 4 aromatic rings. The number of anilines is 3. The number of methoxy groups -OCH3 is 1. The lowest BCUT2D eigenvalue weighted by Gasteiger charge is -2.22. The van der Waals surface area contributed by atoms with Gasteiger partial charge in [0.1, 0.15) is 18.2 Å². The molecule has 0 spiro atoms. The lowest BCUT2D eigenvalue weighted by Crippen LogP contribution is -2.20. The molecule has 0 unspecified atom stereocenters. The van der Waals surface area contributed by atoms with E-state index in [4.69, 9.17) is 15.2 Å². The van der Waals surface area contributed by atoms with Crippen LogP contribution in [0.1, 0.15) is 22.5 Å². The first-order valence-corrected chi connectivity index (χ1v) is 11.4. The first-order valence-electron chi connectivity index (χ1n) is 11.4. The summed E-state index contributed by atoms with van der Waals surface area (Å²) in [4.78, 5) is 14.9. The molecule has 0 atom stereocenters. The van der Waals surface area contributed by atoms with Crippen molar-refractivity contribution in [1.82, 2.24) is 19.5 Å². The largest absolute Gasteiger partial charge is 0.494 e. The maximum absolute atomic E-state index is 12.7. The molecule has 0 aliphatic carbocycles. The number of nitrogens with two attached hydrogens (primary N) is 1. The molecule has 37 heavy (non-hydrogen) atoms. The molecule has 4 rings (SSSR count). The molecule has 0 saturated carbocycles. The molecule has 0 bridgehead atoms. The highest BCUT2D eigenvalue weighted by atomic mass is 19.4. The molecule has 0 radical (unpaired) electrons. The van der Waals surface area contributed by atoms with Crippen LogP contribution in [0.3, 0.4) is 0 Å². The summed E-state index contributed by atoms with van der Waals surface area (Å²) in [5.74, 6) is 0.973. The van der Waals surface area contributed by atoms with Crippen molar-refractivity contribution in [3.8, 4) is 11.4 Å². The summed E-state index contributed by atoms with van der Waals surface area (Å²) in [6.45, 7) is 0.140.